The third-order valence-electron chi connectivity index (χ3n) is 3.18. The maximum Gasteiger partial charge on any atom is 0.393 e. The van der Waals surface area contributed by atoms with Crippen molar-refractivity contribution >= 4 is 33.2 Å². The van der Waals surface area contributed by atoms with Crippen LogP contribution in [0.15, 0.2) is 22.7 Å². The normalized spacial score (nSPS) is 20.5. The van der Waals surface area contributed by atoms with Crippen LogP contribution < -0.4 is 4.90 Å². The molecule has 1 aromatic carbocycles. The van der Waals surface area contributed by atoms with Crippen molar-refractivity contribution in [3.05, 3.63) is 28.2 Å². The van der Waals surface area contributed by atoms with Crippen LogP contribution in [0.2, 0.25) is 0 Å². The molecule has 1 unspecified atom stereocenters. The molecule has 0 saturated carbocycles. The molecule has 6 heteroatoms. The van der Waals surface area contributed by atoms with E-state index in [1.54, 1.807) is 4.90 Å². The fourth-order valence-corrected chi connectivity index (χ4v) is 2.77. The van der Waals surface area contributed by atoms with Crippen molar-refractivity contribution in [2.45, 2.75) is 18.5 Å². The van der Waals surface area contributed by atoms with Crippen LogP contribution in [0.4, 0.5) is 18.9 Å². The number of hydrogen-bond acceptors (Lipinski definition) is 1. The highest BCUT2D eigenvalue weighted by Gasteiger charge is 2.43. The number of alkyl halides is 4. The van der Waals surface area contributed by atoms with E-state index in [1.165, 1.54) is 0 Å². The number of nitrogens with zero attached hydrogens (tertiary/aromatic N) is 1. The summed E-state index contributed by atoms with van der Waals surface area (Å²) in [4.78, 5) is 1.76. The summed E-state index contributed by atoms with van der Waals surface area (Å²) < 4.78 is 38.8. The van der Waals surface area contributed by atoms with Gasteiger partial charge in [0.05, 0.1) is 5.92 Å². The Kier molecular flexibility index (Phi) is 4.11. The lowest BCUT2D eigenvalue weighted by molar-refractivity contribution is -0.168. The van der Waals surface area contributed by atoms with E-state index in [9.17, 15) is 13.2 Å². The average molecular weight is 343 g/mol. The predicted octanol–water partition coefficient (Wildman–Crippen LogP) is 4.58. The van der Waals surface area contributed by atoms with Gasteiger partial charge in [-0.15, -0.1) is 11.6 Å². The highest BCUT2D eigenvalue weighted by Crippen LogP contribution is 2.37. The maximum atomic E-state index is 12.6. The minimum absolute atomic E-state index is 0.0177. The summed E-state index contributed by atoms with van der Waals surface area (Å²) in [7, 11) is 0. The third kappa shape index (κ3) is 2.94. The molecule has 18 heavy (non-hydrogen) atoms. The molecule has 0 amide bonds. The van der Waals surface area contributed by atoms with Gasteiger partial charge in [0.15, 0.2) is 0 Å². The van der Waals surface area contributed by atoms with E-state index in [-0.39, 0.29) is 13.0 Å². The Bertz CT molecular complexity index is 436. The number of rotatable bonds is 2. The van der Waals surface area contributed by atoms with E-state index < -0.39 is 12.1 Å². The lowest BCUT2D eigenvalue weighted by atomic mass is 10.1. The van der Waals surface area contributed by atoms with E-state index >= 15 is 0 Å². The quantitative estimate of drug-likeness (QED) is 0.711. The molecule has 0 aliphatic carbocycles. The van der Waals surface area contributed by atoms with Crippen LogP contribution in [0.25, 0.3) is 0 Å². The predicted molar refractivity (Wildman–Crippen MR) is 70.1 cm³/mol. The van der Waals surface area contributed by atoms with Gasteiger partial charge in [-0.25, -0.2) is 0 Å². The molecule has 0 bridgehead atoms. The molecule has 1 aliphatic heterocycles. The van der Waals surface area contributed by atoms with Crippen LogP contribution in [-0.4, -0.2) is 19.3 Å². The van der Waals surface area contributed by atoms with Crippen molar-refractivity contribution in [2.75, 3.05) is 18.0 Å². The molecule has 1 saturated heterocycles. The van der Waals surface area contributed by atoms with Crippen molar-refractivity contribution in [1.29, 1.82) is 0 Å². The molecule has 0 aromatic heterocycles. The van der Waals surface area contributed by atoms with Crippen molar-refractivity contribution in [3.63, 3.8) is 0 Å². The fraction of sp³-hybridized carbons (Fsp3) is 0.500. The third-order valence-corrected chi connectivity index (χ3v) is 3.96. The second-order valence-corrected chi connectivity index (χ2v) is 5.56. The van der Waals surface area contributed by atoms with Gasteiger partial charge in [-0.3, -0.25) is 0 Å². The molecule has 2 rings (SSSR count). The maximum absolute atomic E-state index is 12.6. The van der Waals surface area contributed by atoms with Crippen LogP contribution >= 0.6 is 27.5 Å². The molecule has 0 spiro atoms. The van der Waals surface area contributed by atoms with Crippen molar-refractivity contribution in [1.82, 2.24) is 0 Å². The number of hydrogen-bond donors (Lipinski definition) is 0. The van der Waals surface area contributed by atoms with E-state index in [1.807, 2.05) is 18.2 Å². The van der Waals surface area contributed by atoms with E-state index in [0.717, 1.165) is 15.7 Å². The van der Waals surface area contributed by atoms with Gasteiger partial charge in [-0.2, -0.15) is 13.2 Å². The first-order chi connectivity index (χ1) is 8.41. The van der Waals surface area contributed by atoms with Gasteiger partial charge in [0, 0.05) is 29.1 Å². The minimum Gasteiger partial charge on any atom is -0.371 e. The Hall–Kier alpha value is -0.420. The van der Waals surface area contributed by atoms with E-state index in [0.29, 0.717) is 12.4 Å². The van der Waals surface area contributed by atoms with Gasteiger partial charge in [-0.05, 0) is 24.1 Å². The van der Waals surface area contributed by atoms with Crippen LogP contribution in [0.1, 0.15) is 12.0 Å². The monoisotopic (exact) mass is 341 g/mol. The van der Waals surface area contributed by atoms with E-state index in [2.05, 4.69) is 15.9 Å². The largest absolute Gasteiger partial charge is 0.393 e. The first-order valence-electron chi connectivity index (χ1n) is 5.58. The highest BCUT2D eigenvalue weighted by atomic mass is 79.9. The zero-order valence-electron chi connectivity index (χ0n) is 9.47. The molecule has 0 radical (unpaired) electrons. The van der Waals surface area contributed by atoms with Crippen LogP contribution in [-0.2, 0) is 5.88 Å². The zero-order valence-corrected chi connectivity index (χ0v) is 11.8. The van der Waals surface area contributed by atoms with Gasteiger partial charge in [-0.1, -0.05) is 22.0 Å². The lowest BCUT2D eigenvalue weighted by Gasteiger charge is -2.22. The van der Waals surface area contributed by atoms with Crippen molar-refractivity contribution < 1.29 is 13.2 Å². The summed E-state index contributed by atoms with van der Waals surface area (Å²) >= 11 is 9.16. The molecular weight excluding hydrogens is 330 g/mol. The SMILES string of the molecule is FC(F)(F)C1CCN(c2cc(Br)ccc2CCl)C1. The Labute approximate surface area is 117 Å². The van der Waals surface area contributed by atoms with Gasteiger partial charge < -0.3 is 4.90 Å². The molecule has 1 aromatic rings. The highest BCUT2D eigenvalue weighted by molar-refractivity contribution is 9.10. The molecule has 1 heterocycles. The summed E-state index contributed by atoms with van der Waals surface area (Å²) in [5.41, 5.74) is 1.66. The number of anilines is 1. The van der Waals surface area contributed by atoms with Crippen molar-refractivity contribution in [3.8, 4) is 0 Å². The summed E-state index contributed by atoms with van der Waals surface area (Å²) in [6.07, 6.45) is -3.96. The second kappa shape index (κ2) is 5.29. The van der Waals surface area contributed by atoms with E-state index in [4.69, 9.17) is 11.6 Å². The smallest absolute Gasteiger partial charge is 0.371 e. The summed E-state index contributed by atoms with van der Waals surface area (Å²) in [6.45, 7) is 0.439. The Morgan fingerprint density at radius 2 is 2.11 bits per heavy atom. The number of halogens is 5. The Morgan fingerprint density at radius 1 is 1.39 bits per heavy atom. The number of benzene rings is 1. The minimum atomic E-state index is -4.11. The summed E-state index contributed by atoms with van der Waals surface area (Å²) in [6, 6.07) is 5.52. The molecule has 1 atom stereocenters. The Morgan fingerprint density at radius 3 is 2.67 bits per heavy atom. The first kappa shape index (κ1) is 14.0. The fourth-order valence-electron chi connectivity index (χ4n) is 2.19. The topological polar surface area (TPSA) is 3.24 Å². The molecule has 1 fully saturated rings. The van der Waals surface area contributed by atoms with Crippen LogP contribution in [0, 0.1) is 5.92 Å². The molecule has 0 N–H and O–H groups in total. The molecule has 100 valence electrons. The zero-order chi connectivity index (χ0) is 13.3. The van der Waals surface area contributed by atoms with Gasteiger partial charge in [0.25, 0.3) is 0 Å². The molecule has 1 nitrogen and oxygen atoms in total. The van der Waals surface area contributed by atoms with Gasteiger partial charge >= 0.3 is 6.18 Å². The summed E-state index contributed by atoms with van der Waals surface area (Å²) in [5.74, 6) is -0.935. The van der Waals surface area contributed by atoms with Gasteiger partial charge in [0.2, 0.25) is 0 Å². The molecule has 1 aliphatic rings. The Balaban J connectivity index is 2.21. The second-order valence-electron chi connectivity index (χ2n) is 4.38. The van der Waals surface area contributed by atoms with Crippen LogP contribution in [0.5, 0.6) is 0 Å². The van der Waals surface area contributed by atoms with Gasteiger partial charge in [0.1, 0.15) is 0 Å². The standard InChI is InChI=1S/C12H12BrClF3N/c13-10-2-1-8(6-14)11(5-10)18-4-3-9(7-18)12(15,16)17/h1-2,5,9H,3-4,6-7H2. The van der Waals surface area contributed by atoms with Crippen molar-refractivity contribution in [2.24, 2.45) is 5.92 Å². The summed E-state index contributed by atoms with van der Waals surface area (Å²) in [5, 5.41) is 0. The molecular formula is C12H12BrClF3N. The lowest BCUT2D eigenvalue weighted by Crippen LogP contribution is -2.27. The average Bonchev–Trinajstić information content (AvgIpc) is 2.77. The van der Waals surface area contributed by atoms with Crippen LogP contribution in [0.3, 0.4) is 0 Å². The first-order valence-corrected chi connectivity index (χ1v) is 6.90.